The minimum Gasteiger partial charge on any atom is -0.464 e. The lowest BCUT2D eigenvalue weighted by molar-refractivity contribution is -0.157. The van der Waals surface area contributed by atoms with E-state index in [4.69, 9.17) is 9.47 Å². The van der Waals surface area contributed by atoms with Crippen molar-refractivity contribution in [2.45, 2.75) is 65.2 Å². The lowest BCUT2D eigenvalue weighted by atomic mass is 10.1. The molecule has 0 fully saturated rings. The molecule has 1 N–H and O–H groups in total. The van der Waals surface area contributed by atoms with Crippen LogP contribution in [0.25, 0.3) is 10.7 Å². The lowest BCUT2D eigenvalue weighted by Gasteiger charge is -2.25. The number of thiazole rings is 2. The molecule has 0 saturated heterocycles. The van der Waals surface area contributed by atoms with Gasteiger partial charge in [-0.05, 0) is 41.5 Å². The molecular formula is C20H27N3O6S2. The van der Waals surface area contributed by atoms with Crippen LogP contribution >= 0.6 is 22.7 Å². The van der Waals surface area contributed by atoms with Gasteiger partial charge in [-0.25, -0.2) is 24.4 Å². The van der Waals surface area contributed by atoms with Crippen molar-refractivity contribution < 1.29 is 28.6 Å². The number of nitrogens with zero attached hydrogens (tertiary/aromatic N) is 2. The standard InChI is InChI=1S/C20H27N3O6S2/c1-19(2,3)28-17(25)11(23-18(26)29-20(4,5)6)8-14-21-12(9-30-14)15-22-13(10-31-15)16(24)27-7/h9-11H,8H2,1-7H3,(H,23,26)/t11-/m0/s1. The van der Waals surface area contributed by atoms with E-state index in [9.17, 15) is 14.4 Å². The monoisotopic (exact) mass is 469 g/mol. The van der Waals surface area contributed by atoms with Crippen LogP contribution in [0.5, 0.6) is 0 Å². The van der Waals surface area contributed by atoms with E-state index in [1.54, 1.807) is 52.3 Å². The number of hydrogen-bond acceptors (Lipinski definition) is 10. The number of ether oxygens (including phenoxy) is 3. The summed E-state index contributed by atoms with van der Waals surface area (Å²) in [6.07, 6.45) is -0.601. The Kier molecular flexibility index (Phi) is 7.77. The summed E-state index contributed by atoms with van der Waals surface area (Å²) in [5, 5.41) is 7.09. The van der Waals surface area contributed by atoms with Gasteiger partial charge in [0.15, 0.2) is 5.69 Å². The number of esters is 2. The molecule has 0 bridgehead atoms. The first kappa shape index (κ1) is 24.7. The minimum absolute atomic E-state index is 0.119. The van der Waals surface area contributed by atoms with Gasteiger partial charge in [0.25, 0.3) is 0 Å². The van der Waals surface area contributed by atoms with Crippen molar-refractivity contribution in [3.63, 3.8) is 0 Å². The highest BCUT2D eigenvalue weighted by molar-refractivity contribution is 7.14. The Morgan fingerprint density at radius 1 is 1.00 bits per heavy atom. The van der Waals surface area contributed by atoms with Crippen LogP contribution in [-0.2, 0) is 25.4 Å². The van der Waals surface area contributed by atoms with Gasteiger partial charge in [-0.2, -0.15) is 0 Å². The average Bonchev–Trinajstić information content (AvgIpc) is 3.26. The molecule has 0 saturated carbocycles. The molecule has 0 unspecified atom stereocenters. The van der Waals surface area contributed by atoms with Crippen LogP contribution in [0.4, 0.5) is 4.79 Å². The Balaban J connectivity index is 2.18. The smallest absolute Gasteiger partial charge is 0.408 e. The molecule has 2 aromatic rings. The fourth-order valence-corrected chi connectivity index (χ4v) is 3.93. The number of aromatic nitrogens is 2. The summed E-state index contributed by atoms with van der Waals surface area (Å²) in [5.74, 6) is -1.11. The van der Waals surface area contributed by atoms with Crippen LogP contribution in [0.15, 0.2) is 10.8 Å². The Labute approximate surface area is 189 Å². The third-order valence-corrected chi connectivity index (χ3v) is 5.17. The Hall–Kier alpha value is -2.53. The highest BCUT2D eigenvalue weighted by atomic mass is 32.1. The van der Waals surface area contributed by atoms with Crippen LogP contribution in [0.1, 0.15) is 57.0 Å². The molecule has 0 aliphatic heterocycles. The summed E-state index contributed by atoms with van der Waals surface area (Å²) < 4.78 is 15.4. The van der Waals surface area contributed by atoms with E-state index in [-0.39, 0.29) is 12.1 Å². The molecule has 9 nitrogen and oxygen atoms in total. The average molecular weight is 470 g/mol. The molecule has 0 spiro atoms. The Morgan fingerprint density at radius 3 is 2.23 bits per heavy atom. The number of methoxy groups -OCH3 is 1. The molecule has 2 heterocycles. The number of hydrogen-bond donors (Lipinski definition) is 1. The van der Waals surface area contributed by atoms with E-state index >= 15 is 0 Å². The molecule has 0 aromatic carbocycles. The summed E-state index contributed by atoms with van der Waals surface area (Å²) in [4.78, 5) is 45.2. The predicted molar refractivity (Wildman–Crippen MR) is 117 cm³/mol. The van der Waals surface area contributed by atoms with E-state index in [1.165, 1.54) is 29.8 Å². The number of nitrogens with one attached hydrogen (secondary N) is 1. The maximum Gasteiger partial charge on any atom is 0.408 e. The molecule has 0 aliphatic carbocycles. The molecule has 2 rings (SSSR count). The number of carbonyl (C=O) groups excluding carboxylic acids is 3. The third-order valence-electron chi connectivity index (χ3n) is 3.43. The summed E-state index contributed by atoms with van der Waals surface area (Å²) in [7, 11) is 1.29. The van der Waals surface area contributed by atoms with E-state index < -0.39 is 35.3 Å². The lowest BCUT2D eigenvalue weighted by Crippen LogP contribution is -2.47. The number of alkyl carbamates (subject to hydrolysis) is 1. The summed E-state index contributed by atoms with van der Waals surface area (Å²) in [6, 6.07) is -0.977. The fourth-order valence-electron chi connectivity index (χ4n) is 2.28. The van der Waals surface area contributed by atoms with E-state index in [1.807, 2.05) is 0 Å². The van der Waals surface area contributed by atoms with Gasteiger partial charge in [-0.1, -0.05) is 0 Å². The highest BCUT2D eigenvalue weighted by Gasteiger charge is 2.30. The largest absolute Gasteiger partial charge is 0.464 e. The Morgan fingerprint density at radius 2 is 1.65 bits per heavy atom. The number of rotatable bonds is 6. The SMILES string of the molecule is COC(=O)c1csc(-c2csc(C[C@H](NC(=O)OC(C)(C)C)C(=O)OC(C)(C)C)n2)n1. The van der Waals surface area contributed by atoms with Gasteiger partial charge < -0.3 is 19.5 Å². The molecule has 11 heteroatoms. The molecular weight excluding hydrogens is 442 g/mol. The zero-order chi connectivity index (χ0) is 23.4. The van der Waals surface area contributed by atoms with Gasteiger partial charge >= 0.3 is 18.0 Å². The normalized spacial score (nSPS) is 12.7. The highest BCUT2D eigenvalue weighted by Crippen LogP contribution is 2.26. The van der Waals surface area contributed by atoms with Crippen LogP contribution in [0.3, 0.4) is 0 Å². The maximum atomic E-state index is 12.7. The topological polar surface area (TPSA) is 117 Å². The van der Waals surface area contributed by atoms with Crippen molar-refractivity contribution in [2.75, 3.05) is 7.11 Å². The van der Waals surface area contributed by atoms with E-state index in [0.29, 0.717) is 15.7 Å². The second-order valence-corrected chi connectivity index (χ2v) is 10.4. The molecule has 2 aromatic heterocycles. The fraction of sp³-hybridized carbons (Fsp3) is 0.550. The van der Waals surface area contributed by atoms with Crippen molar-refractivity contribution in [2.24, 2.45) is 0 Å². The van der Waals surface area contributed by atoms with Crippen molar-refractivity contribution in [3.8, 4) is 10.7 Å². The quantitative estimate of drug-likeness (QED) is 0.501. The van der Waals surface area contributed by atoms with Crippen LogP contribution in [0, 0.1) is 0 Å². The molecule has 31 heavy (non-hydrogen) atoms. The van der Waals surface area contributed by atoms with Crippen molar-refractivity contribution in [3.05, 3.63) is 21.5 Å². The minimum atomic E-state index is -0.977. The van der Waals surface area contributed by atoms with Gasteiger partial charge in [-0.3, -0.25) is 0 Å². The van der Waals surface area contributed by atoms with Gasteiger partial charge in [0, 0.05) is 17.2 Å². The second-order valence-electron chi connectivity index (χ2n) is 8.59. The second kappa shape index (κ2) is 9.73. The van der Waals surface area contributed by atoms with Crippen LogP contribution < -0.4 is 5.32 Å². The number of amides is 1. The summed E-state index contributed by atoms with van der Waals surface area (Å²) in [6.45, 7) is 10.4. The van der Waals surface area contributed by atoms with Gasteiger partial charge in [0.1, 0.15) is 27.9 Å². The first-order valence-electron chi connectivity index (χ1n) is 9.48. The molecule has 1 atom stereocenters. The van der Waals surface area contributed by atoms with Gasteiger partial charge in [0.05, 0.1) is 12.1 Å². The number of carbonyl (C=O) groups is 3. The van der Waals surface area contributed by atoms with Gasteiger partial charge in [-0.15, -0.1) is 22.7 Å². The molecule has 0 aliphatic rings. The van der Waals surface area contributed by atoms with E-state index in [2.05, 4.69) is 20.0 Å². The Bertz CT molecular complexity index is 939. The first-order valence-corrected chi connectivity index (χ1v) is 11.2. The van der Waals surface area contributed by atoms with Crippen molar-refractivity contribution in [1.82, 2.24) is 15.3 Å². The van der Waals surface area contributed by atoms with Gasteiger partial charge in [0.2, 0.25) is 0 Å². The first-order chi connectivity index (χ1) is 14.3. The van der Waals surface area contributed by atoms with E-state index in [0.717, 1.165) is 0 Å². The molecule has 170 valence electrons. The maximum absolute atomic E-state index is 12.7. The van der Waals surface area contributed by atoms with Crippen molar-refractivity contribution >= 4 is 40.7 Å². The van der Waals surface area contributed by atoms with Crippen molar-refractivity contribution in [1.29, 1.82) is 0 Å². The summed E-state index contributed by atoms with van der Waals surface area (Å²) in [5.41, 5.74) is -0.654. The zero-order valence-electron chi connectivity index (χ0n) is 18.6. The predicted octanol–water partition coefficient (Wildman–Crippen LogP) is 3.83. The zero-order valence-corrected chi connectivity index (χ0v) is 20.2. The molecule has 1 amide bonds. The van der Waals surface area contributed by atoms with Crippen LogP contribution in [0.2, 0.25) is 0 Å². The van der Waals surface area contributed by atoms with Crippen LogP contribution in [-0.4, -0.2) is 52.4 Å². The molecule has 0 radical (unpaired) electrons. The summed E-state index contributed by atoms with van der Waals surface area (Å²) >= 11 is 2.57. The third kappa shape index (κ3) is 7.91.